The molecule has 5 heteroatoms. The van der Waals surface area contributed by atoms with Crippen LogP contribution in [0.25, 0.3) is 0 Å². The second-order valence-electron chi connectivity index (χ2n) is 3.73. The summed E-state index contributed by atoms with van der Waals surface area (Å²) in [4.78, 5) is 16.7. The van der Waals surface area contributed by atoms with Gasteiger partial charge in [0.15, 0.2) is 0 Å². The highest BCUT2D eigenvalue weighted by Crippen LogP contribution is 2.18. The van der Waals surface area contributed by atoms with Crippen molar-refractivity contribution in [2.24, 2.45) is 13.0 Å². The first kappa shape index (κ1) is 9.21. The molecule has 1 fully saturated rings. The smallest absolute Gasteiger partial charge is 0.309 e. The molecule has 2 rings (SSSR count). The van der Waals surface area contributed by atoms with Crippen LogP contribution < -0.4 is 0 Å². The van der Waals surface area contributed by atoms with Crippen molar-refractivity contribution in [2.45, 2.75) is 6.54 Å². The van der Waals surface area contributed by atoms with Crippen LogP contribution in [-0.2, 0) is 18.4 Å². The Balaban J connectivity index is 1.85. The number of hydrogen-bond donors (Lipinski definition) is 1. The lowest BCUT2D eigenvalue weighted by Gasteiger charge is -2.36. The average Bonchev–Trinajstić information content (AvgIpc) is 2.42. The summed E-state index contributed by atoms with van der Waals surface area (Å²) in [5.74, 6) is -0.866. The van der Waals surface area contributed by atoms with Crippen molar-refractivity contribution in [3.8, 4) is 0 Å². The predicted octanol–water partition coefficient (Wildman–Crippen LogP) is -0.0635. The van der Waals surface area contributed by atoms with Crippen molar-refractivity contribution < 1.29 is 9.90 Å². The minimum Gasteiger partial charge on any atom is -0.481 e. The largest absolute Gasteiger partial charge is 0.481 e. The number of aryl methyl sites for hydroxylation is 1. The van der Waals surface area contributed by atoms with E-state index in [4.69, 9.17) is 5.11 Å². The van der Waals surface area contributed by atoms with Gasteiger partial charge in [0.2, 0.25) is 0 Å². The van der Waals surface area contributed by atoms with E-state index in [-0.39, 0.29) is 5.92 Å². The maximum Gasteiger partial charge on any atom is 0.309 e. The van der Waals surface area contributed by atoms with E-state index >= 15 is 0 Å². The lowest BCUT2D eigenvalue weighted by molar-refractivity contribution is -0.147. The summed E-state index contributed by atoms with van der Waals surface area (Å²) >= 11 is 0. The monoisotopic (exact) mass is 195 g/mol. The first-order chi connectivity index (χ1) is 6.66. The van der Waals surface area contributed by atoms with Gasteiger partial charge in [0.1, 0.15) is 0 Å². The zero-order valence-electron chi connectivity index (χ0n) is 8.05. The number of carboxylic acids is 1. The average molecular weight is 195 g/mol. The number of carbonyl (C=O) groups is 1. The highest BCUT2D eigenvalue weighted by Gasteiger charge is 2.32. The molecule has 1 aliphatic rings. The number of hydrogen-bond acceptors (Lipinski definition) is 3. The van der Waals surface area contributed by atoms with Gasteiger partial charge in [-0.25, -0.2) is 4.98 Å². The molecular formula is C9H13N3O2. The second-order valence-corrected chi connectivity index (χ2v) is 3.73. The topological polar surface area (TPSA) is 58.4 Å². The summed E-state index contributed by atoms with van der Waals surface area (Å²) in [7, 11) is 1.94. The molecule has 1 N–H and O–H groups in total. The summed E-state index contributed by atoms with van der Waals surface area (Å²) in [6, 6.07) is 0. The zero-order chi connectivity index (χ0) is 10.1. The first-order valence-electron chi connectivity index (χ1n) is 4.57. The van der Waals surface area contributed by atoms with E-state index in [1.807, 2.05) is 17.8 Å². The summed E-state index contributed by atoms with van der Waals surface area (Å²) in [6.45, 7) is 2.10. The summed E-state index contributed by atoms with van der Waals surface area (Å²) in [5, 5.41) is 8.69. The Hall–Kier alpha value is -1.36. The van der Waals surface area contributed by atoms with Gasteiger partial charge in [0.25, 0.3) is 0 Å². The van der Waals surface area contributed by atoms with E-state index in [9.17, 15) is 4.79 Å². The van der Waals surface area contributed by atoms with E-state index in [1.165, 1.54) is 0 Å². The first-order valence-corrected chi connectivity index (χ1v) is 4.57. The van der Waals surface area contributed by atoms with Gasteiger partial charge in [-0.2, -0.15) is 0 Å². The van der Waals surface area contributed by atoms with E-state index in [2.05, 4.69) is 9.88 Å². The van der Waals surface area contributed by atoms with Gasteiger partial charge >= 0.3 is 5.97 Å². The van der Waals surface area contributed by atoms with Crippen LogP contribution in [0.2, 0.25) is 0 Å². The Labute approximate surface area is 82.0 Å². The van der Waals surface area contributed by atoms with Gasteiger partial charge < -0.3 is 9.67 Å². The standard InChI is InChI=1S/C9H13N3O2/c1-11-6-10-2-8(11)5-12-3-7(4-12)9(13)14/h2,6-7H,3-5H2,1H3,(H,13,14). The molecule has 1 aliphatic heterocycles. The van der Waals surface area contributed by atoms with Crippen LogP contribution in [0.1, 0.15) is 5.69 Å². The second kappa shape index (κ2) is 3.42. The molecule has 2 heterocycles. The zero-order valence-corrected chi connectivity index (χ0v) is 8.05. The lowest BCUT2D eigenvalue weighted by atomic mass is 10.0. The number of carboxylic acid groups (broad SMARTS) is 1. The van der Waals surface area contributed by atoms with Gasteiger partial charge in [-0.3, -0.25) is 9.69 Å². The van der Waals surface area contributed by atoms with E-state index in [0.717, 1.165) is 12.2 Å². The summed E-state index contributed by atoms with van der Waals surface area (Å²) < 4.78 is 1.95. The molecule has 0 aliphatic carbocycles. The number of imidazole rings is 1. The van der Waals surface area contributed by atoms with Gasteiger partial charge in [-0.1, -0.05) is 0 Å². The number of aliphatic carboxylic acids is 1. The molecular weight excluding hydrogens is 182 g/mol. The van der Waals surface area contributed by atoms with Crippen LogP contribution in [0, 0.1) is 5.92 Å². The lowest BCUT2D eigenvalue weighted by Crippen LogP contribution is -2.49. The Kier molecular flexibility index (Phi) is 2.25. The molecule has 0 radical (unpaired) electrons. The fraction of sp³-hybridized carbons (Fsp3) is 0.556. The molecule has 0 atom stereocenters. The molecule has 0 aromatic carbocycles. The van der Waals surface area contributed by atoms with Gasteiger partial charge in [0.05, 0.1) is 17.9 Å². The van der Waals surface area contributed by atoms with E-state index < -0.39 is 5.97 Å². The van der Waals surface area contributed by atoms with Crippen LogP contribution in [0.15, 0.2) is 12.5 Å². The Morgan fingerprint density at radius 1 is 1.71 bits per heavy atom. The molecule has 0 spiro atoms. The van der Waals surface area contributed by atoms with Crippen molar-refractivity contribution >= 4 is 5.97 Å². The number of aromatic nitrogens is 2. The third kappa shape index (κ3) is 1.63. The molecule has 0 unspecified atom stereocenters. The van der Waals surface area contributed by atoms with Crippen molar-refractivity contribution in [1.82, 2.24) is 14.5 Å². The molecule has 1 aromatic heterocycles. The maximum absolute atomic E-state index is 10.6. The number of nitrogens with zero attached hydrogens (tertiary/aromatic N) is 3. The Morgan fingerprint density at radius 2 is 2.43 bits per heavy atom. The quantitative estimate of drug-likeness (QED) is 0.734. The van der Waals surface area contributed by atoms with Crippen LogP contribution in [0.4, 0.5) is 0 Å². The Morgan fingerprint density at radius 3 is 2.93 bits per heavy atom. The van der Waals surface area contributed by atoms with Crippen LogP contribution in [0.5, 0.6) is 0 Å². The third-order valence-electron chi connectivity index (χ3n) is 2.61. The maximum atomic E-state index is 10.6. The normalized spacial score (nSPS) is 18.1. The molecule has 0 bridgehead atoms. The number of likely N-dealkylation sites (tertiary alicyclic amines) is 1. The van der Waals surface area contributed by atoms with Gasteiger partial charge in [0, 0.05) is 32.9 Å². The molecule has 14 heavy (non-hydrogen) atoms. The molecule has 0 amide bonds. The highest BCUT2D eigenvalue weighted by molar-refractivity contribution is 5.71. The fourth-order valence-corrected chi connectivity index (χ4v) is 1.62. The fourth-order valence-electron chi connectivity index (χ4n) is 1.62. The van der Waals surface area contributed by atoms with Crippen LogP contribution in [0.3, 0.4) is 0 Å². The molecule has 5 nitrogen and oxygen atoms in total. The van der Waals surface area contributed by atoms with Gasteiger partial charge in [-0.05, 0) is 0 Å². The molecule has 0 saturated carbocycles. The minimum atomic E-state index is -0.689. The summed E-state index contributed by atoms with van der Waals surface area (Å²) in [6.07, 6.45) is 3.57. The van der Waals surface area contributed by atoms with E-state index in [1.54, 1.807) is 6.33 Å². The number of rotatable bonds is 3. The van der Waals surface area contributed by atoms with Crippen LogP contribution >= 0.6 is 0 Å². The molecule has 1 saturated heterocycles. The van der Waals surface area contributed by atoms with Crippen molar-refractivity contribution in [3.05, 3.63) is 18.2 Å². The predicted molar refractivity (Wildman–Crippen MR) is 49.6 cm³/mol. The highest BCUT2D eigenvalue weighted by atomic mass is 16.4. The van der Waals surface area contributed by atoms with Gasteiger partial charge in [-0.15, -0.1) is 0 Å². The van der Waals surface area contributed by atoms with Crippen molar-refractivity contribution in [2.75, 3.05) is 13.1 Å². The van der Waals surface area contributed by atoms with E-state index in [0.29, 0.717) is 13.1 Å². The van der Waals surface area contributed by atoms with Crippen LogP contribution in [-0.4, -0.2) is 38.6 Å². The SMILES string of the molecule is Cn1cncc1CN1CC(C(=O)O)C1. The van der Waals surface area contributed by atoms with Crippen molar-refractivity contribution in [1.29, 1.82) is 0 Å². The minimum absolute atomic E-state index is 0.178. The Bertz CT molecular complexity index is 342. The third-order valence-corrected chi connectivity index (χ3v) is 2.61. The molecule has 1 aromatic rings. The molecule has 76 valence electrons. The summed E-state index contributed by atoms with van der Waals surface area (Å²) in [5.41, 5.74) is 1.12. The van der Waals surface area contributed by atoms with Crippen molar-refractivity contribution in [3.63, 3.8) is 0 Å².